The monoisotopic (exact) mass is 475 g/mol. The number of methoxy groups -OCH3 is 1. The van der Waals surface area contributed by atoms with E-state index in [1.807, 2.05) is 6.08 Å². The summed E-state index contributed by atoms with van der Waals surface area (Å²) in [6.45, 7) is 5.10. The molecule has 0 heterocycles. The van der Waals surface area contributed by atoms with Gasteiger partial charge in [0.05, 0.1) is 0 Å². The van der Waals surface area contributed by atoms with E-state index in [4.69, 9.17) is 4.74 Å². The molecule has 0 radical (unpaired) electrons. The lowest BCUT2D eigenvalue weighted by Gasteiger charge is -2.61. The zero-order chi connectivity index (χ0) is 25.0. The third kappa shape index (κ3) is 3.78. The summed E-state index contributed by atoms with van der Waals surface area (Å²) in [4.78, 5) is 14.5. The number of anilines is 1. The van der Waals surface area contributed by atoms with Crippen LogP contribution in [0.4, 0.5) is 5.69 Å². The predicted molar refractivity (Wildman–Crippen MR) is 140 cm³/mol. The summed E-state index contributed by atoms with van der Waals surface area (Å²) < 4.78 is 5.18. The molecule has 3 saturated carbocycles. The summed E-state index contributed by atoms with van der Waals surface area (Å²) in [6.07, 6.45) is 8.39. The zero-order valence-corrected chi connectivity index (χ0v) is 22.1. The van der Waals surface area contributed by atoms with Gasteiger partial charge in [-0.05, 0) is 91.4 Å². The Hall–Kier alpha value is -2.09. The average Bonchev–Trinajstić information content (AvgIpc) is 3.09. The number of ketones is 1. The van der Waals surface area contributed by atoms with Crippen molar-refractivity contribution >= 4 is 11.5 Å². The number of ether oxygens (including phenoxy) is 1. The highest BCUT2D eigenvalue weighted by Gasteiger charge is 2.66. The Morgan fingerprint density at radius 3 is 2.54 bits per heavy atom. The van der Waals surface area contributed by atoms with Gasteiger partial charge < -0.3 is 14.7 Å². The van der Waals surface area contributed by atoms with E-state index in [0.29, 0.717) is 42.5 Å². The molecule has 1 unspecified atom stereocenters. The summed E-state index contributed by atoms with van der Waals surface area (Å²) in [5.74, 6) is 8.47. The number of fused-ring (bicyclic) bond motifs is 5. The standard InChI is InChI=1S/C31H41NO3/c1-29-16-13-24(33)19-22(29)9-12-25-27-14-17-31(34,15-6-18-35-5)30(27,2)20-26(28(25)29)21-7-10-23(11-8-21)32(3)4/h7-8,10-11,19,25-28,34H,9,12-14,16-18,20H2,1-5H3/t25-,26+,27-,28?,29-,30-,31-/m0/s1. The average molecular weight is 476 g/mol. The molecule has 1 aromatic rings. The van der Waals surface area contributed by atoms with Crippen molar-refractivity contribution in [1.82, 2.24) is 0 Å². The van der Waals surface area contributed by atoms with E-state index >= 15 is 0 Å². The van der Waals surface area contributed by atoms with Gasteiger partial charge in [-0.25, -0.2) is 0 Å². The second kappa shape index (κ2) is 8.79. The third-order valence-electron chi connectivity index (χ3n) is 10.4. The molecule has 3 fully saturated rings. The van der Waals surface area contributed by atoms with Gasteiger partial charge in [0, 0.05) is 38.7 Å². The highest BCUT2D eigenvalue weighted by Crippen LogP contribution is 2.70. The molecule has 1 aromatic carbocycles. The fraction of sp³-hybridized carbons (Fsp3) is 0.645. The summed E-state index contributed by atoms with van der Waals surface area (Å²) in [7, 11) is 5.80. The molecule has 0 aromatic heterocycles. The minimum atomic E-state index is -0.984. The van der Waals surface area contributed by atoms with Gasteiger partial charge in [-0.15, -0.1) is 0 Å². The molecule has 4 nitrogen and oxygen atoms in total. The van der Waals surface area contributed by atoms with Crippen LogP contribution in [0.25, 0.3) is 0 Å². The van der Waals surface area contributed by atoms with E-state index in [9.17, 15) is 9.90 Å². The maximum atomic E-state index is 12.4. The van der Waals surface area contributed by atoms with Gasteiger partial charge in [0.1, 0.15) is 12.2 Å². The lowest BCUT2D eigenvalue weighted by molar-refractivity contribution is -0.122. The Morgan fingerprint density at radius 1 is 1.11 bits per heavy atom. The van der Waals surface area contributed by atoms with Crippen molar-refractivity contribution in [2.45, 2.75) is 70.3 Å². The first-order valence-electron chi connectivity index (χ1n) is 13.4. The Labute approximate surface area is 211 Å². The molecule has 0 spiro atoms. The van der Waals surface area contributed by atoms with Gasteiger partial charge in [-0.3, -0.25) is 4.79 Å². The molecule has 35 heavy (non-hydrogen) atoms. The van der Waals surface area contributed by atoms with Crippen LogP contribution < -0.4 is 4.90 Å². The molecule has 0 aliphatic heterocycles. The molecule has 0 bridgehead atoms. The SMILES string of the molecule is COCC#C[C@]1(O)CC[C@H]2[C@@H]3CCC4=CC(=O)CC[C@]4(C)C3[C@@H](c3ccc(N(C)C)cc3)C[C@@]21C. The Balaban J connectivity index is 1.61. The second-order valence-corrected chi connectivity index (χ2v) is 12.2. The molecule has 4 aliphatic rings. The van der Waals surface area contributed by atoms with Crippen molar-refractivity contribution in [3.63, 3.8) is 0 Å². The number of carbonyl (C=O) groups is 1. The van der Waals surface area contributed by atoms with Gasteiger partial charge in [0.2, 0.25) is 0 Å². The maximum absolute atomic E-state index is 12.4. The third-order valence-corrected chi connectivity index (χ3v) is 10.4. The highest BCUT2D eigenvalue weighted by molar-refractivity contribution is 5.91. The summed E-state index contributed by atoms with van der Waals surface area (Å²) in [5, 5.41) is 12.0. The summed E-state index contributed by atoms with van der Waals surface area (Å²) in [6, 6.07) is 9.07. The number of nitrogens with zero attached hydrogens (tertiary/aromatic N) is 1. The van der Waals surface area contributed by atoms with Crippen LogP contribution in [0.3, 0.4) is 0 Å². The normalized spacial score (nSPS) is 40.1. The van der Waals surface area contributed by atoms with Crippen molar-refractivity contribution in [3.8, 4) is 11.8 Å². The Morgan fingerprint density at radius 2 is 1.86 bits per heavy atom. The topological polar surface area (TPSA) is 49.8 Å². The van der Waals surface area contributed by atoms with Gasteiger partial charge in [0.25, 0.3) is 0 Å². The lowest BCUT2D eigenvalue weighted by atomic mass is 9.43. The van der Waals surface area contributed by atoms with Crippen molar-refractivity contribution in [1.29, 1.82) is 0 Å². The number of aliphatic hydroxyl groups is 1. The smallest absolute Gasteiger partial charge is 0.155 e. The van der Waals surface area contributed by atoms with E-state index in [0.717, 1.165) is 38.5 Å². The van der Waals surface area contributed by atoms with Crippen molar-refractivity contribution in [3.05, 3.63) is 41.5 Å². The van der Waals surface area contributed by atoms with Crippen LogP contribution >= 0.6 is 0 Å². The quantitative estimate of drug-likeness (QED) is 0.598. The first kappa shape index (κ1) is 24.6. The van der Waals surface area contributed by atoms with Crippen molar-refractivity contribution < 1.29 is 14.6 Å². The van der Waals surface area contributed by atoms with E-state index in [2.05, 4.69) is 68.9 Å². The summed E-state index contributed by atoms with van der Waals surface area (Å²) in [5.41, 5.74) is 2.74. The largest absolute Gasteiger partial charge is 0.378 e. The Bertz CT molecular complexity index is 1080. The van der Waals surface area contributed by atoms with Crippen LogP contribution in [0, 0.1) is 40.4 Å². The molecule has 0 amide bonds. The van der Waals surface area contributed by atoms with E-state index in [1.54, 1.807) is 7.11 Å². The number of hydrogen-bond acceptors (Lipinski definition) is 4. The molecule has 7 atom stereocenters. The highest BCUT2D eigenvalue weighted by atomic mass is 16.5. The van der Waals surface area contributed by atoms with Gasteiger partial charge in [-0.1, -0.05) is 43.4 Å². The van der Waals surface area contributed by atoms with Crippen molar-refractivity contribution in [2.24, 2.45) is 28.6 Å². The number of rotatable bonds is 3. The molecule has 188 valence electrons. The maximum Gasteiger partial charge on any atom is 0.155 e. The fourth-order valence-corrected chi connectivity index (χ4v) is 8.55. The molecule has 1 N–H and O–H groups in total. The summed E-state index contributed by atoms with van der Waals surface area (Å²) >= 11 is 0. The van der Waals surface area contributed by atoms with E-state index in [-0.39, 0.29) is 10.8 Å². The van der Waals surface area contributed by atoms with E-state index in [1.165, 1.54) is 16.8 Å². The van der Waals surface area contributed by atoms with Crippen molar-refractivity contribution in [2.75, 3.05) is 32.7 Å². The molecule has 4 heteroatoms. The molecular weight excluding hydrogens is 434 g/mol. The minimum Gasteiger partial charge on any atom is -0.378 e. The Kier molecular flexibility index (Phi) is 6.17. The molecule has 4 aliphatic carbocycles. The molecule has 0 saturated heterocycles. The van der Waals surface area contributed by atoms with Gasteiger partial charge in [0.15, 0.2) is 5.78 Å². The second-order valence-electron chi connectivity index (χ2n) is 12.2. The number of carbonyl (C=O) groups excluding carboxylic acids is 1. The number of hydrogen-bond donors (Lipinski definition) is 1. The van der Waals surface area contributed by atoms with Crippen LogP contribution in [0.15, 0.2) is 35.9 Å². The first-order chi connectivity index (χ1) is 16.6. The van der Waals surface area contributed by atoms with Crippen LogP contribution in [-0.4, -0.2) is 44.3 Å². The molecule has 5 rings (SSSR count). The predicted octanol–water partition coefficient (Wildman–Crippen LogP) is 5.36. The van der Waals surface area contributed by atoms with Crippen LogP contribution in [0.1, 0.15) is 70.3 Å². The molecular formula is C31H41NO3. The van der Waals surface area contributed by atoms with Crippen LogP contribution in [0.2, 0.25) is 0 Å². The van der Waals surface area contributed by atoms with Crippen LogP contribution in [0.5, 0.6) is 0 Å². The zero-order valence-electron chi connectivity index (χ0n) is 22.1. The first-order valence-corrected chi connectivity index (χ1v) is 13.4. The number of benzene rings is 1. The number of allylic oxidation sites excluding steroid dienone is 1. The van der Waals surface area contributed by atoms with Gasteiger partial charge in [-0.2, -0.15) is 0 Å². The van der Waals surface area contributed by atoms with E-state index < -0.39 is 5.60 Å². The minimum absolute atomic E-state index is 0.0471. The fourth-order valence-electron chi connectivity index (χ4n) is 8.55. The van der Waals surface area contributed by atoms with Gasteiger partial charge >= 0.3 is 0 Å². The lowest BCUT2D eigenvalue weighted by Crippen LogP contribution is -2.57. The van der Waals surface area contributed by atoms with Crippen LogP contribution in [-0.2, 0) is 9.53 Å².